The van der Waals surface area contributed by atoms with Gasteiger partial charge >= 0.3 is 6.18 Å². The van der Waals surface area contributed by atoms with Gasteiger partial charge in [0.15, 0.2) is 0 Å². The summed E-state index contributed by atoms with van der Waals surface area (Å²) >= 11 is 0. The zero-order valence-corrected chi connectivity index (χ0v) is 7.12. The van der Waals surface area contributed by atoms with Crippen LogP contribution in [0.1, 0.15) is 19.3 Å². The number of piperidine rings is 1. The Morgan fingerprint density at radius 2 is 2.15 bits per heavy atom. The van der Waals surface area contributed by atoms with Gasteiger partial charge in [-0.1, -0.05) is 0 Å². The predicted octanol–water partition coefficient (Wildman–Crippen LogP) is 1.83. The molecule has 1 rings (SSSR count). The van der Waals surface area contributed by atoms with Crippen LogP contribution in [0.2, 0.25) is 0 Å². The Hall–Kier alpha value is -0.760. The molecule has 1 N–H and O–H groups in total. The maximum absolute atomic E-state index is 12.1. The van der Waals surface area contributed by atoms with Gasteiger partial charge in [0.2, 0.25) is 0 Å². The van der Waals surface area contributed by atoms with Crippen molar-refractivity contribution in [2.75, 3.05) is 13.1 Å². The molecule has 0 radical (unpaired) electrons. The zero-order valence-electron chi connectivity index (χ0n) is 7.12. The lowest BCUT2D eigenvalue weighted by Gasteiger charge is -2.31. The first-order valence-corrected chi connectivity index (χ1v) is 4.16. The number of alkyl halides is 3. The number of nitrogens with one attached hydrogen (secondary N) is 1. The number of rotatable bonds is 1. The first-order chi connectivity index (χ1) is 5.97. The summed E-state index contributed by atoms with van der Waals surface area (Å²) in [6.07, 6.45) is -4.25. The van der Waals surface area contributed by atoms with Crippen molar-refractivity contribution >= 4 is 0 Å². The molecule has 1 aliphatic heterocycles. The van der Waals surface area contributed by atoms with Crippen molar-refractivity contribution in [1.29, 1.82) is 5.26 Å². The quantitative estimate of drug-likeness (QED) is 0.688. The maximum Gasteiger partial charge on any atom is 0.390 e. The first-order valence-electron chi connectivity index (χ1n) is 4.16. The molecule has 1 saturated heterocycles. The standard InChI is InChI=1S/C8H11F3N2/c9-8(10,11)4-7(5-12)2-1-3-13-6-7/h13H,1-4,6H2. The van der Waals surface area contributed by atoms with E-state index in [0.717, 1.165) is 0 Å². The van der Waals surface area contributed by atoms with Crippen LogP contribution in [0.4, 0.5) is 13.2 Å². The summed E-state index contributed by atoms with van der Waals surface area (Å²) < 4.78 is 36.3. The van der Waals surface area contributed by atoms with Crippen molar-refractivity contribution in [3.8, 4) is 6.07 Å². The molecule has 0 saturated carbocycles. The molecule has 1 aliphatic rings. The molecule has 13 heavy (non-hydrogen) atoms. The third-order valence-electron chi connectivity index (χ3n) is 2.25. The summed E-state index contributed by atoms with van der Waals surface area (Å²) in [6, 6.07) is 1.79. The van der Waals surface area contributed by atoms with E-state index in [9.17, 15) is 13.2 Å². The molecule has 0 aromatic rings. The van der Waals surface area contributed by atoms with E-state index in [0.29, 0.717) is 19.4 Å². The monoisotopic (exact) mass is 192 g/mol. The molecule has 5 heteroatoms. The number of nitriles is 1. The van der Waals surface area contributed by atoms with E-state index in [-0.39, 0.29) is 6.54 Å². The van der Waals surface area contributed by atoms with E-state index < -0.39 is 18.0 Å². The summed E-state index contributed by atoms with van der Waals surface area (Å²) in [5, 5.41) is 11.5. The van der Waals surface area contributed by atoms with Crippen molar-refractivity contribution in [3.63, 3.8) is 0 Å². The molecule has 0 bridgehead atoms. The summed E-state index contributed by atoms with van der Waals surface area (Å²) in [6.45, 7) is 0.865. The van der Waals surface area contributed by atoms with Crippen LogP contribution in [0.3, 0.4) is 0 Å². The Balaban J connectivity index is 2.65. The van der Waals surface area contributed by atoms with Gasteiger partial charge in [0.05, 0.1) is 17.9 Å². The molecular weight excluding hydrogens is 181 g/mol. The average molecular weight is 192 g/mol. The molecule has 2 nitrogen and oxygen atoms in total. The Morgan fingerprint density at radius 3 is 2.54 bits per heavy atom. The van der Waals surface area contributed by atoms with Gasteiger partial charge in [0.25, 0.3) is 0 Å². The Bertz CT molecular complexity index is 210. The van der Waals surface area contributed by atoms with Crippen LogP contribution in [0.5, 0.6) is 0 Å². The van der Waals surface area contributed by atoms with Crippen molar-refractivity contribution in [2.45, 2.75) is 25.4 Å². The number of halogens is 3. The lowest BCUT2D eigenvalue weighted by atomic mass is 9.79. The first kappa shape index (κ1) is 10.3. The summed E-state index contributed by atoms with van der Waals surface area (Å²) in [5.41, 5.74) is -1.23. The van der Waals surface area contributed by atoms with Crippen LogP contribution in [0.25, 0.3) is 0 Å². The highest BCUT2D eigenvalue weighted by Gasteiger charge is 2.43. The van der Waals surface area contributed by atoms with Crippen molar-refractivity contribution in [3.05, 3.63) is 0 Å². The lowest BCUT2D eigenvalue weighted by Crippen LogP contribution is -2.41. The van der Waals surface area contributed by atoms with Gasteiger partial charge in [-0.15, -0.1) is 0 Å². The van der Waals surface area contributed by atoms with Gasteiger partial charge < -0.3 is 5.32 Å². The molecule has 0 aliphatic carbocycles. The van der Waals surface area contributed by atoms with Crippen LogP contribution in [-0.2, 0) is 0 Å². The van der Waals surface area contributed by atoms with Gasteiger partial charge in [-0.25, -0.2) is 0 Å². The highest BCUT2D eigenvalue weighted by molar-refractivity contribution is 5.03. The molecule has 0 aromatic carbocycles. The molecule has 1 heterocycles. The fourth-order valence-electron chi connectivity index (χ4n) is 1.64. The minimum absolute atomic E-state index is 0.156. The minimum atomic E-state index is -4.24. The smallest absolute Gasteiger partial charge is 0.315 e. The highest BCUT2D eigenvalue weighted by atomic mass is 19.4. The topological polar surface area (TPSA) is 35.8 Å². The average Bonchev–Trinajstić information content (AvgIpc) is 2.03. The lowest BCUT2D eigenvalue weighted by molar-refractivity contribution is -0.153. The third-order valence-corrected chi connectivity index (χ3v) is 2.25. The number of nitrogens with zero attached hydrogens (tertiary/aromatic N) is 1. The molecule has 1 atom stereocenters. The zero-order chi connectivity index (χ0) is 9.95. The van der Waals surface area contributed by atoms with Crippen LogP contribution >= 0.6 is 0 Å². The van der Waals surface area contributed by atoms with E-state index in [1.165, 1.54) is 0 Å². The molecule has 0 aromatic heterocycles. The van der Waals surface area contributed by atoms with Gasteiger partial charge in [0.1, 0.15) is 0 Å². The Kier molecular flexibility index (Phi) is 2.81. The van der Waals surface area contributed by atoms with E-state index in [2.05, 4.69) is 5.32 Å². The Morgan fingerprint density at radius 1 is 1.46 bits per heavy atom. The fourth-order valence-corrected chi connectivity index (χ4v) is 1.64. The number of hydrogen-bond donors (Lipinski definition) is 1. The second-order valence-corrected chi connectivity index (χ2v) is 3.46. The molecule has 1 unspecified atom stereocenters. The largest absolute Gasteiger partial charge is 0.390 e. The van der Waals surface area contributed by atoms with Crippen molar-refractivity contribution in [2.24, 2.45) is 5.41 Å². The molecule has 0 amide bonds. The van der Waals surface area contributed by atoms with Crippen LogP contribution in [0, 0.1) is 16.7 Å². The van der Waals surface area contributed by atoms with Crippen molar-refractivity contribution in [1.82, 2.24) is 5.32 Å². The van der Waals surface area contributed by atoms with Crippen molar-refractivity contribution < 1.29 is 13.2 Å². The maximum atomic E-state index is 12.1. The third kappa shape index (κ3) is 2.88. The summed E-state index contributed by atoms with van der Waals surface area (Å²) in [7, 11) is 0. The van der Waals surface area contributed by atoms with Crippen LogP contribution in [0.15, 0.2) is 0 Å². The molecule has 74 valence electrons. The highest BCUT2D eigenvalue weighted by Crippen LogP contribution is 2.37. The normalized spacial score (nSPS) is 29.7. The second kappa shape index (κ2) is 3.54. The van der Waals surface area contributed by atoms with Gasteiger partial charge in [0, 0.05) is 6.54 Å². The van der Waals surface area contributed by atoms with E-state index in [4.69, 9.17) is 5.26 Å². The molecule has 0 spiro atoms. The SMILES string of the molecule is N#CC1(CC(F)(F)F)CCCNC1. The second-order valence-electron chi connectivity index (χ2n) is 3.46. The van der Waals surface area contributed by atoms with E-state index in [1.807, 2.05) is 0 Å². The summed E-state index contributed by atoms with van der Waals surface area (Å²) in [4.78, 5) is 0. The van der Waals surface area contributed by atoms with Gasteiger partial charge in [-0.3, -0.25) is 0 Å². The Labute approximate surface area is 74.7 Å². The van der Waals surface area contributed by atoms with Crippen LogP contribution < -0.4 is 5.32 Å². The number of hydrogen-bond acceptors (Lipinski definition) is 2. The minimum Gasteiger partial charge on any atom is -0.315 e. The fraction of sp³-hybridized carbons (Fsp3) is 0.875. The van der Waals surface area contributed by atoms with E-state index >= 15 is 0 Å². The molecular formula is C8H11F3N2. The predicted molar refractivity (Wildman–Crippen MR) is 40.8 cm³/mol. The summed E-state index contributed by atoms with van der Waals surface area (Å²) in [5.74, 6) is 0. The van der Waals surface area contributed by atoms with Gasteiger partial charge in [-0.05, 0) is 19.4 Å². The van der Waals surface area contributed by atoms with Gasteiger partial charge in [-0.2, -0.15) is 18.4 Å². The van der Waals surface area contributed by atoms with Crippen LogP contribution in [-0.4, -0.2) is 19.3 Å². The molecule has 1 fully saturated rings. The van der Waals surface area contributed by atoms with E-state index in [1.54, 1.807) is 6.07 Å².